The molecular weight excluding hydrogens is 394 g/mol. The van der Waals surface area contributed by atoms with Crippen LogP contribution in [0.3, 0.4) is 0 Å². The molecule has 1 aromatic carbocycles. The normalized spacial score (nSPS) is 22.0. The molecule has 2 unspecified atom stereocenters. The van der Waals surface area contributed by atoms with Gasteiger partial charge < -0.3 is 9.84 Å². The number of carbonyl (C=O) groups is 1. The van der Waals surface area contributed by atoms with Gasteiger partial charge in [0, 0.05) is 23.2 Å². The predicted octanol–water partition coefficient (Wildman–Crippen LogP) is 5.99. The van der Waals surface area contributed by atoms with Gasteiger partial charge in [-0.05, 0) is 68.8 Å². The summed E-state index contributed by atoms with van der Waals surface area (Å²) in [5.74, 6) is 0.268. The number of piperidine rings is 1. The quantitative estimate of drug-likeness (QED) is 0.582. The van der Waals surface area contributed by atoms with Crippen LogP contribution in [0.5, 0.6) is 5.75 Å². The molecule has 0 spiro atoms. The number of benzene rings is 1. The van der Waals surface area contributed by atoms with E-state index in [0.29, 0.717) is 23.6 Å². The smallest absolute Gasteiger partial charge is 0.335 e. The lowest BCUT2D eigenvalue weighted by atomic mass is 9.83. The number of ether oxygens (including phenoxy) is 1. The molecule has 0 amide bonds. The predicted molar refractivity (Wildman–Crippen MR) is 128 cm³/mol. The first-order chi connectivity index (χ1) is 14.5. The minimum absolute atomic E-state index is 0.224. The van der Waals surface area contributed by atoms with E-state index in [0.717, 1.165) is 29.6 Å². The van der Waals surface area contributed by atoms with E-state index in [1.54, 1.807) is 24.5 Å². The number of carboxylic acids is 1. The molecule has 2 saturated heterocycles. The number of thiol groups is 1. The molecule has 3 aliphatic rings. The number of allylic oxidation sites excluding steroid dienone is 4. The molecule has 162 valence electrons. The summed E-state index contributed by atoms with van der Waals surface area (Å²) in [6, 6.07) is 6.28. The van der Waals surface area contributed by atoms with E-state index in [-0.39, 0.29) is 5.56 Å². The van der Waals surface area contributed by atoms with Gasteiger partial charge in [-0.15, -0.1) is 0 Å². The zero-order valence-corrected chi connectivity index (χ0v) is 19.3. The van der Waals surface area contributed by atoms with Crippen LogP contribution in [-0.2, 0) is 0 Å². The second-order valence-electron chi connectivity index (χ2n) is 7.24. The fourth-order valence-electron chi connectivity index (χ4n) is 4.56. The lowest BCUT2D eigenvalue weighted by molar-refractivity contribution is 0.0696. The molecule has 5 heteroatoms. The average molecular weight is 428 g/mol. The van der Waals surface area contributed by atoms with E-state index >= 15 is 0 Å². The van der Waals surface area contributed by atoms with Crippen molar-refractivity contribution in [2.75, 3.05) is 13.3 Å². The van der Waals surface area contributed by atoms with Crippen molar-refractivity contribution in [2.45, 2.75) is 51.6 Å². The Morgan fingerprint density at radius 3 is 2.27 bits per heavy atom. The Kier molecular flexibility index (Phi) is 8.56. The van der Waals surface area contributed by atoms with Crippen molar-refractivity contribution in [3.05, 3.63) is 71.5 Å². The lowest BCUT2D eigenvalue weighted by Crippen LogP contribution is -2.37. The van der Waals surface area contributed by atoms with Crippen molar-refractivity contribution >= 4 is 24.2 Å². The second-order valence-corrected chi connectivity index (χ2v) is 7.24. The summed E-state index contributed by atoms with van der Waals surface area (Å²) >= 11 is 3.53. The molecule has 0 aliphatic carbocycles. The largest absolute Gasteiger partial charge is 0.478 e. The van der Waals surface area contributed by atoms with E-state index in [1.807, 2.05) is 26.0 Å². The standard InChI is InChI=1S/C22H23NO3.C2H6.CH4S/c1-4-17-19(5-2)26-20-12-13(22(24)25)6-9-18(20)21(17)14-10-15-7-8-16(11-14)23(15)3;2*1-2/h4-6,9,12,15-16H,1-2,7-8,10-11H2,3H3,(H,24,25);1-2H3;2H,1H3. The van der Waals surface area contributed by atoms with Crippen molar-refractivity contribution < 1.29 is 14.6 Å². The molecule has 0 saturated carbocycles. The number of hydrogen-bond acceptors (Lipinski definition) is 4. The highest BCUT2D eigenvalue weighted by Crippen LogP contribution is 2.47. The molecule has 1 aromatic rings. The van der Waals surface area contributed by atoms with Crippen molar-refractivity contribution in [3.8, 4) is 5.75 Å². The summed E-state index contributed by atoms with van der Waals surface area (Å²) in [7, 11) is 2.22. The first-order valence-electron chi connectivity index (χ1n) is 10.5. The third kappa shape index (κ3) is 4.42. The second kappa shape index (κ2) is 10.7. The third-order valence-corrected chi connectivity index (χ3v) is 5.94. The van der Waals surface area contributed by atoms with E-state index < -0.39 is 5.97 Å². The fraction of sp³-hybridized carbons (Fsp3) is 0.400. The van der Waals surface area contributed by atoms with Gasteiger partial charge in [-0.1, -0.05) is 38.7 Å². The summed E-state index contributed by atoms with van der Waals surface area (Å²) in [6.45, 7) is 11.9. The minimum Gasteiger partial charge on any atom is -0.478 e. The van der Waals surface area contributed by atoms with Crippen LogP contribution in [0.4, 0.5) is 0 Å². The maximum atomic E-state index is 11.4. The minimum atomic E-state index is -0.957. The molecule has 3 aliphatic heterocycles. The molecule has 4 rings (SSSR count). The Hall–Kier alpha value is -2.24. The van der Waals surface area contributed by atoms with E-state index in [4.69, 9.17) is 4.74 Å². The number of carboxylic acid groups (broad SMARTS) is 1. The van der Waals surface area contributed by atoms with Crippen molar-refractivity contribution in [2.24, 2.45) is 0 Å². The van der Waals surface area contributed by atoms with Crippen LogP contribution in [0.15, 0.2) is 60.4 Å². The molecule has 2 bridgehead atoms. The van der Waals surface area contributed by atoms with Crippen LogP contribution >= 0.6 is 12.6 Å². The Balaban J connectivity index is 0.000000757. The van der Waals surface area contributed by atoms with Gasteiger partial charge in [0.2, 0.25) is 0 Å². The van der Waals surface area contributed by atoms with Gasteiger partial charge in [0.15, 0.2) is 0 Å². The fourth-order valence-corrected chi connectivity index (χ4v) is 4.56. The molecule has 4 nitrogen and oxygen atoms in total. The summed E-state index contributed by atoms with van der Waals surface area (Å²) in [6.07, 6.45) is 9.74. The molecule has 30 heavy (non-hydrogen) atoms. The number of nitrogens with zero attached hydrogens (tertiary/aromatic N) is 1. The van der Waals surface area contributed by atoms with Gasteiger partial charge in [0.05, 0.1) is 5.56 Å². The van der Waals surface area contributed by atoms with Gasteiger partial charge in [-0.2, -0.15) is 12.6 Å². The van der Waals surface area contributed by atoms with E-state index in [2.05, 4.69) is 37.7 Å². The van der Waals surface area contributed by atoms with E-state index in [9.17, 15) is 9.90 Å². The van der Waals surface area contributed by atoms with Gasteiger partial charge in [-0.3, -0.25) is 4.90 Å². The Bertz CT molecular complexity index is 868. The van der Waals surface area contributed by atoms with Crippen LogP contribution in [0.2, 0.25) is 0 Å². The van der Waals surface area contributed by atoms with Gasteiger partial charge >= 0.3 is 5.97 Å². The van der Waals surface area contributed by atoms with Crippen molar-refractivity contribution in [1.29, 1.82) is 0 Å². The van der Waals surface area contributed by atoms with Gasteiger partial charge in [-0.25, -0.2) is 4.79 Å². The van der Waals surface area contributed by atoms with E-state index in [1.165, 1.54) is 18.4 Å². The van der Waals surface area contributed by atoms with Crippen molar-refractivity contribution in [3.63, 3.8) is 0 Å². The molecular formula is C25H33NO3S. The number of aromatic carboxylic acids is 1. The van der Waals surface area contributed by atoms with Gasteiger partial charge in [0.25, 0.3) is 0 Å². The highest BCUT2D eigenvalue weighted by molar-refractivity contribution is 7.79. The molecule has 3 heterocycles. The average Bonchev–Trinajstić information content (AvgIpc) is 2.99. The topological polar surface area (TPSA) is 49.8 Å². The summed E-state index contributed by atoms with van der Waals surface area (Å²) in [4.78, 5) is 13.9. The number of hydrogen-bond donors (Lipinski definition) is 2. The Morgan fingerprint density at radius 1 is 1.17 bits per heavy atom. The molecule has 1 N–H and O–H groups in total. The summed E-state index contributed by atoms with van der Waals surface area (Å²) in [5.41, 5.74) is 4.70. The summed E-state index contributed by atoms with van der Waals surface area (Å²) < 4.78 is 5.97. The van der Waals surface area contributed by atoms with Crippen LogP contribution < -0.4 is 4.74 Å². The third-order valence-electron chi connectivity index (χ3n) is 5.94. The zero-order chi connectivity index (χ0) is 22.4. The van der Waals surface area contributed by atoms with Crippen molar-refractivity contribution in [1.82, 2.24) is 4.90 Å². The maximum Gasteiger partial charge on any atom is 0.335 e. The van der Waals surface area contributed by atoms with Gasteiger partial charge in [0.1, 0.15) is 11.5 Å². The molecule has 2 fully saturated rings. The highest BCUT2D eigenvalue weighted by atomic mass is 32.1. The summed E-state index contributed by atoms with van der Waals surface area (Å²) in [5, 5.41) is 9.31. The zero-order valence-electron chi connectivity index (χ0n) is 18.4. The first kappa shape index (κ1) is 24.0. The van der Waals surface area contributed by atoms with Crippen LogP contribution in [0, 0.1) is 0 Å². The van der Waals surface area contributed by atoms with Crippen LogP contribution in [0.25, 0.3) is 5.57 Å². The monoisotopic (exact) mass is 427 g/mol. The van der Waals surface area contributed by atoms with Crippen LogP contribution in [0.1, 0.15) is 55.5 Å². The highest BCUT2D eigenvalue weighted by Gasteiger charge is 2.38. The Morgan fingerprint density at radius 2 is 1.77 bits per heavy atom. The number of fused-ring (bicyclic) bond motifs is 3. The Labute approximate surface area is 186 Å². The SMILES string of the molecule is C=CC1=C(C=C)C(=C2CC3CCC(C2)N3C)c2ccc(C(=O)O)cc2O1.CC.CS. The van der Waals surface area contributed by atoms with Crippen LogP contribution in [-0.4, -0.2) is 41.4 Å². The molecule has 2 atom stereocenters. The molecule has 0 radical (unpaired) electrons. The number of rotatable bonds is 3. The first-order valence-corrected chi connectivity index (χ1v) is 11.4. The lowest BCUT2D eigenvalue weighted by Gasteiger charge is -2.35. The molecule has 0 aromatic heterocycles. The maximum absolute atomic E-state index is 11.4.